The van der Waals surface area contributed by atoms with Crippen LogP contribution >= 0.6 is 0 Å². The van der Waals surface area contributed by atoms with Crippen LogP contribution in [0.5, 0.6) is 0 Å². The second kappa shape index (κ2) is 8.09. The van der Waals surface area contributed by atoms with Crippen LogP contribution in [0, 0.1) is 11.8 Å². The fourth-order valence-corrected chi connectivity index (χ4v) is 5.14. The van der Waals surface area contributed by atoms with E-state index in [0.717, 1.165) is 16.9 Å². The van der Waals surface area contributed by atoms with Gasteiger partial charge in [0.2, 0.25) is 5.91 Å². The van der Waals surface area contributed by atoms with Gasteiger partial charge in [0.15, 0.2) is 0 Å². The minimum Gasteiger partial charge on any atom is -0.396 e. The van der Waals surface area contributed by atoms with Gasteiger partial charge >= 0.3 is 0 Å². The number of pyridine rings is 2. The van der Waals surface area contributed by atoms with Gasteiger partial charge < -0.3 is 15.0 Å². The van der Waals surface area contributed by atoms with E-state index in [1.165, 1.54) is 0 Å². The number of rotatable bonds is 5. The molecule has 2 aliphatic heterocycles. The average Bonchev–Trinajstić information content (AvgIpc) is 3.00. The average molecular weight is 416 g/mol. The number of para-hydroxylation sites is 1. The van der Waals surface area contributed by atoms with Crippen molar-refractivity contribution in [3.8, 4) is 0 Å². The zero-order valence-corrected chi connectivity index (χ0v) is 17.0. The number of aliphatic hydroxyl groups excluding tert-OH is 1. The maximum atomic E-state index is 13.5. The number of hydrogen-bond acceptors (Lipinski definition) is 5. The van der Waals surface area contributed by atoms with Crippen LogP contribution in [0.15, 0.2) is 77.9 Å². The van der Waals surface area contributed by atoms with Crippen LogP contribution in [-0.4, -0.2) is 38.1 Å². The summed E-state index contributed by atoms with van der Waals surface area (Å²) in [4.78, 5) is 32.4. The van der Waals surface area contributed by atoms with Gasteiger partial charge in [-0.05, 0) is 35.9 Å². The SMILES string of the molecule is O=C(Nc1ccccc1)[C@@H]1[C@@H](CO)[C@@H]2Cn3c(cccc3=O)[C@H]1N2Cc1ccncc1. The van der Waals surface area contributed by atoms with Crippen LogP contribution in [0.2, 0.25) is 0 Å². The highest BCUT2D eigenvalue weighted by Crippen LogP contribution is 2.49. The molecule has 4 atom stereocenters. The number of carbonyl (C=O) groups is 1. The molecule has 7 heteroatoms. The largest absolute Gasteiger partial charge is 0.396 e. The molecular weight excluding hydrogens is 392 g/mol. The van der Waals surface area contributed by atoms with Crippen LogP contribution in [-0.2, 0) is 17.9 Å². The first-order valence-electron chi connectivity index (χ1n) is 10.5. The van der Waals surface area contributed by atoms with Crippen molar-refractivity contribution in [2.75, 3.05) is 11.9 Å². The maximum absolute atomic E-state index is 13.5. The first kappa shape index (κ1) is 19.7. The van der Waals surface area contributed by atoms with Gasteiger partial charge in [0.05, 0.1) is 12.0 Å². The second-order valence-corrected chi connectivity index (χ2v) is 8.17. The van der Waals surface area contributed by atoms with Gasteiger partial charge in [-0.2, -0.15) is 0 Å². The van der Waals surface area contributed by atoms with E-state index in [1.54, 1.807) is 29.1 Å². The molecule has 0 aliphatic carbocycles. The molecule has 158 valence electrons. The highest BCUT2D eigenvalue weighted by atomic mass is 16.3. The number of amides is 1. The molecule has 5 rings (SSSR count). The highest BCUT2D eigenvalue weighted by molar-refractivity contribution is 5.93. The topological polar surface area (TPSA) is 87.5 Å². The van der Waals surface area contributed by atoms with E-state index in [1.807, 2.05) is 48.5 Å². The number of carbonyl (C=O) groups excluding carboxylic acids is 1. The number of benzene rings is 1. The Labute approximate surface area is 180 Å². The first-order chi connectivity index (χ1) is 15.2. The molecule has 31 heavy (non-hydrogen) atoms. The van der Waals surface area contributed by atoms with Crippen LogP contribution in [0.4, 0.5) is 5.69 Å². The van der Waals surface area contributed by atoms with Crippen molar-refractivity contribution in [2.24, 2.45) is 11.8 Å². The predicted molar refractivity (Wildman–Crippen MR) is 116 cm³/mol. The van der Waals surface area contributed by atoms with E-state index in [-0.39, 0.29) is 36.1 Å². The van der Waals surface area contributed by atoms with Gasteiger partial charge in [-0.1, -0.05) is 24.3 Å². The molecule has 0 unspecified atom stereocenters. The van der Waals surface area contributed by atoms with Crippen LogP contribution in [0.3, 0.4) is 0 Å². The number of nitrogens with one attached hydrogen (secondary N) is 1. The zero-order valence-electron chi connectivity index (χ0n) is 17.0. The van der Waals surface area contributed by atoms with E-state index in [9.17, 15) is 14.7 Å². The molecule has 1 saturated heterocycles. The fraction of sp³-hybridized carbons (Fsp3) is 0.292. The fourth-order valence-electron chi connectivity index (χ4n) is 5.14. The van der Waals surface area contributed by atoms with Crippen molar-refractivity contribution in [1.82, 2.24) is 14.5 Å². The number of anilines is 1. The number of aliphatic hydroxyl groups is 1. The third kappa shape index (κ3) is 3.45. The summed E-state index contributed by atoms with van der Waals surface area (Å²) in [5, 5.41) is 13.3. The van der Waals surface area contributed by atoms with Crippen molar-refractivity contribution >= 4 is 11.6 Å². The van der Waals surface area contributed by atoms with Crippen molar-refractivity contribution < 1.29 is 9.90 Å². The van der Waals surface area contributed by atoms with Gasteiger partial charge in [-0.15, -0.1) is 0 Å². The van der Waals surface area contributed by atoms with E-state index in [2.05, 4.69) is 15.2 Å². The molecule has 0 saturated carbocycles. The Bertz CT molecular complexity index is 1130. The molecule has 1 fully saturated rings. The quantitative estimate of drug-likeness (QED) is 0.665. The first-order valence-corrected chi connectivity index (χ1v) is 10.5. The number of aromatic nitrogens is 2. The molecule has 0 spiro atoms. The molecule has 3 aromatic rings. The summed E-state index contributed by atoms with van der Waals surface area (Å²) in [5.41, 5.74) is 2.55. The molecule has 2 N–H and O–H groups in total. The smallest absolute Gasteiger partial charge is 0.250 e. The number of nitrogens with zero attached hydrogens (tertiary/aromatic N) is 3. The van der Waals surface area contributed by atoms with E-state index in [0.29, 0.717) is 13.1 Å². The van der Waals surface area contributed by atoms with Gasteiger partial charge in [-0.3, -0.25) is 19.5 Å². The minimum absolute atomic E-state index is 0.0723. The Morgan fingerprint density at radius 2 is 1.84 bits per heavy atom. The van der Waals surface area contributed by atoms with Gasteiger partial charge in [-0.25, -0.2) is 0 Å². The number of hydrogen-bond donors (Lipinski definition) is 2. The summed E-state index contributed by atoms with van der Waals surface area (Å²) >= 11 is 0. The number of fused-ring (bicyclic) bond motifs is 4. The lowest BCUT2D eigenvalue weighted by molar-refractivity contribution is -0.122. The standard InChI is InChI=1S/C24H24N4O3/c29-15-18-20-14-27-19(7-4-8-21(27)30)23(28(20)13-16-9-11-25-12-10-16)22(18)24(31)26-17-5-2-1-3-6-17/h1-12,18,20,22-23,29H,13-15H2,(H,26,31)/t18-,20-,22+,23+/m0/s1. The monoisotopic (exact) mass is 416 g/mol. The van der Waals surface area contributed by atoms with Crippen LogP contribution in [0.25, 0.3) is 0 Å². The van der Waals surface area contributed by atoms with Gasteiger partial charge in [0.25, 0.3) is 5.56 Å². The van der Waals surface area contributed by atoms with Crippen molar-refractivity contribution in [3.63, 3.8) is 0 Å². The summed E-state index contributed by atoms with van der Waals surface area (Å²) in [6.07, 6.45) is 3.51. The molecule has 2 aliphatic rings. The maximum Gasteiger partial charge on any atom is 0.250 e. The molecule has 1 amide bonds. The molecule has 4 heterocycles. The summed E-state index contributed by atoms with van der Waals surface area (Å²) in [5.74, 6) is -0.898. The van der Waals surface area contributed by atoms with Crippen LogP contribution in [0.1, 0.15) is 17.3 Å². The Kier molecular flexibility index (Phi) is 5.13. The summed E-state index contributed by atoms with van der Waals surface area (Å²) in [6, 6.07) is 18.0. The lowest BCUT2D eigenvalue weighted by Gasteiger charge is -2.38. The molecule has 0 radical (unpaired) electrons. The van der Waals surface area contributed by atoms with E-state index >= 15 is 0 Å². The van der Waals surface area contributed by atoms with Crippen molar-refractivity contribution in [2.45, 2.75) is 25.2 Å². The molecule has 1 aromatic carbocycles. The summed E-state index contributed by atoms with van der Waals surface area (Å²) < 4.78 is 1.76. The summed E-state index contributed by atoms with van der Waals surface area (Å²) in [6.45, 7) is 0.952. The Morgan fingerprint density at radius 1 is 1.06 bits per heavy atom. The van der Waals surface area contributed by atoms with Gasteiger partial charge in [0.1, 0.15) is 0 Å². The normalized spacial score (nSPS) is 24.5. The Hall–Kier alpha value is -3.29. The molecule has 7 nitrogen and oxygen atoms in total. The zero-order chi connectivity index (χ0) is 21.4. The highest BCUT2D eigenvalue weighted by Gasteiger charge is 2.55. The van der Waals surface area contributed by atoms with Crippen molar-refractivity contribution in [3.05, 3.63) is 94.7 Å². The predicted octanol–water partition coefficient (Wildman–Crippen LogP) is 2.05. The minimum atomic E-state index is -0.479. The van der Waals surface area contributed by atoms with E-state index < -0.39 is 5.92 Å². The van der Waals surface area contributed by atoms with E-state index in [4.69, 9.17) is 0 Å². The molecule has 2 aromatic heterocycles. The van der Waals surface area contributed by atoms with Gasteiger partial charge in [0, 0.05) is 61.5 Å². The Balaban J connectivity index is 1.57. The third-order valence-corrected chi connectivity index (χ3v) is 6.50. The van der Waals surface area contributed by atoms with Crippen LogP contribution < -0.4 is 10.9 Å². The molecule has 2 bridgehead atoms. The lowest BCUT2D eigenvalue weighted by Crippen LogP contribution is -2.45. The lowest BCUT2D eigenvalue weighted by atomic mass is 9.86. The third-order valence-electron chi connectivity index (χ3n) is 6.50. The second-order valence-electron chi connectivity index (χ2n) is 8.17. The molecular formula is C24H24N4O3. The summed E-state index contributed by atoms with van der Waals surface area (Å²) in [7, 11) is 0. The Morgan fingerprint density at radius 3 is 2.58 bits per heavy atom. The van der Waals surface area contributed by atoms with Crippen molar-refractivity contribution in [1.29, 1.82) is 0 Å².